The molecule has 1 amide bonds. The largest absolute Gasteiger partial charge is 0.454 e. The van der Waals surface area contributed by atoms with Crippen LogP contribution in [0.2, 0.25) is 0 Å². The second kappa shape index (κ2) is 7.21. The highest BCUT2D eigenvalue weighted by molar-refractivity contribution is 5.95. The Morgan fingerprint density at radius 2 is 1.50 bits per heavy atom. The highest BCUT2D eigenvalue weighted by Crippen LogP contribution is 2.34. The Balaban J connectivity index is 1.39. The molecule has 0 spiro atoms. The molecule has 0 radical (unpaired) electrons. The Kier molecular flexibility index (Phi) is 4.42. The summed E-state index contributed by atoms with van der Waals surface area (Å²) in [6.45, 7) is 2.14. The third-order valence-corrected chi connectivity index (χ3v) is 4.78. The maximum Gasteiger partial charge on any atom is 0.254 e. The Morgan fingerprint density at radius 3 is 2.25 bits per heavy atom. The highest BCUT2D eigenvalue weighted by Gasteiger charge is 2.26. The van der Waals surface area contributed by atoms with Gasteiger partial charge >= 0.3 is 0 Å². The van der Waals surface area contributed by atoms with Crippen LogP contribution in [0.5, 0.6) is 23.0 Å². The van der Waals surface area contributed by atoms with Crippen molar-refractivity contribution in [1.82, 2.24) is 4.90 Å². The van der Waals surface area contributed by atoms with Gasteiger partial charge in [-0.1, -0.05) is 6.07 Å². The number of benzene rings is 2. The van der Waals surface area contributed by atoms with Crippen LogP contribution in [0.3, 0.4) is 0 Å². The third-order valence-electron chi connectivity index (χ3n) is 4.78. The zero-order valence-corrected chi connectivity index (χ0v) is 15.1. The van der Waals surface area contributed by atoms with Gasteiger partial charge in [-0.3, -0.25) is 4.79 Å². The molecule has 0 unspecified atom stereocenters. The van der Waals surface area contributed by atoms with E-state index in [9.17, 15) is 4.79 Å². The van der Waals surface area contributed by atoms with Crippen LogP contribution >= 0.6 is 0 Å². The fourth-order valence-corrected chi connectivity index (χ4v) is 3.38. The second-order valence-corrected chi connectivity index (χ2v) is 6.61. The molecule has 28 heavy (non-hydrogen) atoms. The minimum Gasteiger partial charge on any atom is -0.454 e. The van der Waals surface area contributed by atoms with E-state index in [-0.39, 0.29) is 19.5 Å². The van der Waals surface area contributed by atoms with Gasteiger partial charge < -0.3 is 33.3 Å². The average molecular weight is 385 g/mol. The van der Waals surface area contributed by atoms with Crippen molar-refractivity contribution in [3.8, 4) is 23.0 Å². The maximum atomic E-state index is 13.2. The van der Waals surface area contributed by atoms with Gasteiger partial charge in [-0.05, 0) is 35.9 Å². The summed E-state index contributed by atoms with van der Waals surface area (Å²) < 4.78 is 32.6. The van der Waals surface area contributed by atoms with Crippen LogP contribution in [0, 0.1) is 0 Å². The maximum absolute atomic E-state index is 13.2. The number of carbonyl (C=O) groups is 1. The van der Waals surface area contributed by atoms with Gasteiger partial charge in [-0.15, -0.1) is 0 Å². The van der Waals surface area contributed by atoms with Gasteiger partial charge in [0.05, 0.1) is 19.8 Å². The Morgan fingerprint density at radius 1 is 0.857 bits per heavy atom. The van der Waals surface area contributed by atoms with Crippen LogP contribution < -0.4 is 18.9 Å². The summed E-state index contributed by atoms with van der Waals surface area (Å²) in [6, 6.07) is 10.8. The molecule has 0 saturated carbocycles. The molecule has 0 atom stereocenters. The summed E-state index contributed by atoms with van der Waals surface area (Å²) in [5, 5.41) is 0. The van der Waals surface area contributed by atoms with Crippen LogP contribution in [0.4, 0.5) is 0 Å². The molecule has 3 heterocycles. The van der Waals surface area contributed by atoms with Gasteiger partial charge in [0.1, 0.15) is 0 Å². The van der Waals surface area contributed by atoms with Crippen LogP contribution in [-0.2, 0) is 16.0 Å². The third kappa shape index (κ3) is 3.32. The topological polar surface area (TPSA) is 75.7 Å². The van der Waals surface area contributed by atoms with E-state index in [4.69, 9.17) is 28.4 Å². The number of ether oxygens (including phenoxy) is 6. The lowest BCUT2D eigenvalue weighted by molar-refractivity contribution is -0.0584. The lowest BCUT2D eigenvalue weighted by Crippen LogP contribution is -2.37. The molecule has 8 heteroatoms. The van der Waals surface area contributed by atoms with Crippen molar-refractivity contribution < 1.29 is 33.2 Å². The second-order valence-electron chi connectivity index (χ2n) is 6.61. The minimum atomic E-state index is -0.438. The van der Waals surface area contributed by atoms with E-state index in [1.807, 2.05) is 18.2 Å². The minimum absolute atomic E-state index is 0.143. The molecule has 5 rings (SSSR count). The fraction of sp³-hybridized carbons (Fsp3) is 0.350. The first-order valence-electron chi connectivity index (χ1n) is 9.07. The SMILES string of the molecule is O=C(c1ccc2c(c1)OCO2)N(Cc1ccc2c(c1)OCO2)CC1OCCO1. The monoisotopic (exact) mass is 385 g/mol. The summed E-state index contributed by atoms with van der Waals surface area (Å²) in [5.74, 6) is 2.46. The number of nitrogens with zero attached hydrogens (tertiary/aromatic N) is 1. The van der Waals surface area contributed by atoms with E-state index in [1.165, 1.54) is 0 Å². The molecule has 2 aromatic rings. The van der Waals surface area contributed by atoms with Crippen molar-refractivity contribution in [3.63, 3.8) is 0 Å². The number of amides is 1. The predicted octanol–water partition coefficient (Wildman–Crippen LogP) is 2.16. The lowest BCUT2D eigenvalue weighted by atomic mass is 10.1. The van der Waals surface area contributed by atoms with Crippen molar-refractivity contribution in [2.24, 2.45) is 0 Å². The van der Waals surface area contributed by atoms with Crippen LogP contribution in [0.15, 0.2) is 36.4 Å². The summed E-state index contributed by atoms with van der Waals surface area (Å²) in [6.07, 6.45) is -0.438. The van der Waals surface area contributed by atoms with Gasteiger partial charge in [-0.25, -0.2) is 0 Å². The van der Waals surface area contributed by atoms with Gasteiger partial charge in [0.25, 0.3) is 5.91 Å². The van der Waals surface area contributed by atoms with E-state index in [1.54, 1.807) is 23.1 Å². The first-order valence-corrected chi connectivity index (χ1v) is 9.07. The molecule has 8 nitrogen and oxygen atoms in total. The highest BCUT2D eigenvalue weighted by atomic mass is 16.7. The van der Waals surface area contributed by atoms with Crippen molar-refractivity contribution in [2.45, 2.75) is 12.8 Å². The molecule has 1 saturated heterocycles. The smallest absolute Gasteiger partial charge is 0.254 e. The van der Waals surface area contributed by atoms with Crippen molar-refractivity contribution in [1.29, 1.82) is 0 Å². The van der Waals surface area contributed by atoms with E-state index in [0.717, 1.165) is 5.56 Å². The zero-order valence-electron chi connectivity index (χ0n) is 15.1. The van der Waals surface area contributed by atoms with Gasteiger partial charge in [0.15, 0.2) is 29.3 Å². The summed E-state index contributed by atoms with van der Waals surface area (Å²) in [7, 11) is 0. The molecule has 0 bridgehead atoms. The van der Waals surface area contributed by atoms with Crippen molar-refractivity contribution in [2.75, 3.05) is 33.3 Å². The fourth-order valence-electron chi connectivity index (χ4n) is 3.38. The van der Waals surface area contributed by atoms with Crippen LogP contribution in [-0.4, -0.2) is 50.4 Å². The number of carbonyl (C=O) groups excluding carboxylic acids is 1. The first-order chi connectivity index (χ1) is 13.8. The molecule has 2 aromatic carbocycles. The van der Waals surface area contributed by atoms with Crippen molar-refractivity contribution >= 4 is 5.91 Å². The zero-order chi connectivity index (χ0) is 18.9. The molecule has 0 N–H and O–H groups in total. The Hall–Kier alpha value is -2.97. The molecule has 3 aliphatic rings. The summed E-state index contributed by atoms with van der Waals surface area (Å²) in [5.41, 5.74) is 1.44. The molecule has 1 fully saturated rings. The summed E-state index contributed by atoms with van der Waals surface area (Å²) >= 11 is 0. The van der Waals surface area contributed by atoms with E-state index < -0.39 is 6.29 Å². The number of fused-ring (bicyclic) bond motifs is 2. The van der Waals surface area contributed by atoms with E-state index in [0.29, 0.717) is 54.9 Å². The lowest BCUT2D eigenvalue weighted by Gasteiger charge is -2.25. The average Bonchev–Trinajstić information content (AvgIpc) is 3.47. The Labute approximate surface area is 161 Å². The molecule has 0 aromatic heterocycles. The molecule has 0 aliphatic carbocycles. The van der Waals surface area contributed by atoms with Crippen LogP contribution in [0.1, 0.15) is 15.9 Å². The first kappa shape index (κ1) is 17.2. The predicted molar refractivity (Wildman–Crippen MR) is 95.6 cm³/mol. The van der Waals surface area contributed by atoms with Gasteiger partial charge in [-0.2, -0.15) is 0 Å². The van der Waals surface area contributed by atoms with E-state index >= 15 is 0 Å². The van der Waals surface area contributed by atoms with Crippen molar-refractivity contribution in [3.05, 3.63) is 47.5 Å². The standard InChI is InChI=1S/C20H19NO7/c22-20(14-2-4-16-18(8-14)28-12-26-16)21(10-19-23-5-6-24-19)9-13-1-3-15-17(7-13)27-11-25-15/h1-4,7-8,19H,5-6,9-12H2. The molecule has 146 valence electrons. The molecular weight excluding hydrogens is 366 g/mol. The number of hydrogen-bond acceptors (Lipinski definition) is 7. The normalized spacial score (nSPS) is 17.1. The number of rotatable bonds is 5. The van der Waals surface area contributed by atoms with E-state index in [2.05, 4.69) is 0 Å². The van der Waals surface area contributed by atoms with Gasteiger partial charge in [0, 0.05) is 12.1 Å². The molecule has 3 aliphatic heterocycles. The summed E-state index contributed by atoms with van der Waals surface area (Å²) in [4.78, 5) is 14.9. The quantitative estimate of drug-likeness (QED) is 0.781. The van der Waals surface area contributed by atoms with Crippen LogP contribution in [0.25, 0.3) is 0 Å². The van der Waals surface area contributed by atoms with Gasteiger partial charge in [0.2, 0.25) is 13.6 Å². The molecular formula is C20H19NO7. The number of hydrogen-bond donors (Lipinski definition) is 0. The Bertz CT molecular complexity index is 894.